The Morgan fingerprint density at radius 2 is 1.13 bits per heavy atom. The molecular formula is C29H30F2N6O. The Labute approximate surface area is 219 Å². The quantitative estimate of drug-likeness (QED) is 0.353. The lowest BCUT2D eigenvalue weighted by Crippen LogP contribution is -2.50. The molecule has 7 nitrogen and oxygen atoms in total. The summed E-state index contributed by atoms with van der Waals surface area (Å²) in [6, 6.07) is 12.8. The summed E-state index contributed by atoms with van der Waals surface area (Å²) in [6.07, 6.45) is 7.31. The van der Waals surface area contributed by atoms with Gasteiger partial charge in [-0.1, -0.05) is 0 Å². The number of carbonyl (C=O) groups excluding carboxylic acids is 1. The van der Waals surface area contributed by atoms with Crippen molar-refractivity contribution in [1.82, 2.24) is 29.7 Å². The minimum Gasteiger partial charge on any atom is -0.342 e. The SMILES string of the molecule is O=C(N1CCCC(c2ncc(-c3ccc(F)cc3)[nH]2)C1)N1CCCC(c2ncc(-c3ccc(F)cc3)[nH]2)C1. The maximum absolute atomic E-state index is 13.5. The van der Waals surface area contributed by atoms with Crippen LogP contribution in [0.25, 0.3) is 22.5 Å². The third kappa shape index (κ3) is 5.05. The van der Waals surface area contributed by atoms with E-state index in [0.29, 0.717) is 13.1 Å². The standard InChI is InChI=1S/C29H30F2N6O/c30-23-9-5-19(6-10-23)25-15-32-27(34-25)21-3-1-13-36(17-21)29(38)37-14-2-4-22(18-37)28-33-16-26(35-28)20-7-11-24(31)12-8-20/h5-12,15-16,21-22H,1-4,13-14,17-18H2,(H,32,34)(H,33,35). The maximum atomic E-state index is 13.5. The second-order valence-corrected chi connectivity index (χ2v) is 10.2. The number of likely N-dealkylation sites (tertiary alicyclic amines) is 2. The molecule has 0 radical (unpaired) electrons. The largest absolute Gasteiger partial charge is 0.342 e. The van der Waals surface area contributed by atoms with Gasteiger partial charge in [-0.2, -0.15) is 0 Å². The molecule has 2 atom stereocenters. The lowest BCUT2D eigenvalue weighted by molar-refractivity contribution is 0.124. The van der Waals surface area contributed by atoms with E-state index in [-0.39, 0.29) is 29.5 Å². The smallest absolute Gasteiger partial charge is 0.320 e. The molecule has 4 heterocycles. The van der Waals surface area contributed by atoms with Gasteiger partial charge in [0.05, 0.1) is 23.8 Å². The van der Waals surface area contributed by atoms with Crippen molar-refractivity contribution in [2.45, 2.75) is 37.5 Å². The Kier molecular flexibility index (Phi) is 6.66. The fraction of sp³-hybridized carbons (Fsp3) is 0.345. The zero-order valence-corrected chi connectivity index (χ0v) is 21.0. The molecule has 0 saturated carbocycles. The highest BCUT2D eigenvalue weighted by atomic mass is 19.1. The average Bonchev–Trinajstić information content (AvgIpc) is 3.65. The van der Waals surface area contributed by atoms with Crippen molar-refractivity contribution < 1.29 is 13.6 Å². The van der Waals surface area contributed by atoms with E-state index in [1.165, 1.54) is 24.3 Å². The molecule has 6 rings (SSSR count). The summed E-state index contributed by atoms with van der Waals surface area (Å²) < 4.78 is 26.6. The Hall–Kier alpha value is -4.01. The summed E-state index contributed by atoms with van der Waals surface area (Å²) in [5.41, 5.74) is 3.46. The first-order chi connectivity index (χ1) is 18.5. The number of aromatic nitrogens is 4. The number of rotatable bonds is 4. The molecule has 2 aliphatic heterocycles. The summed E-state index contributed by atoms with van der Waals surface area (Å²) in [5, 5.41) is 0. The number of imidazole rings is 2. The van der Waals surface area contributed by atoms with Crippen molar-refractivity contribution in [3.8, 4) is 22.5 Å². The molecule has 2 aliphatic rings. The first-order valence-corrected chi connectivity index (χ1v) is 13.2. The van der Waals surface area contributed by atoms with Crippen LogP contribution in [0.5, 0.6) is 0 Å². The molecule has 196 valence electrons. The summed E-state index contributed by atoms with van der Waals surface area (Å²) >= 11 is 0. The van der Waals surface area contributed by atoms with Crippen LogP contribution in [0.2, 0.25) is 0 Å². The molecule has 2 saturated heterocycles. The van der Waals surface area contributed by atoms with Crippen LogP contribution < -0.4 is 0 Å². The number of nitrogens with one attached hydrogen (secondary N) is 2. The van der Waals surface area contributed by atoms with E-state index >= 15 is 0 Å². The number of benzene rings is 2. The van der Waals surface area contributed by atoms with Crippen molar-refractivity contribution in [3.05, 3.63) is 84.2 Å². The highest BCUT2D eigenvalue weighted by molar-refractivity contribution is 5.75. The highest BCUT2D eigenvalue weighted by Crippen LogP contribution is 2.31. The van der Waals surface area contributed by atoms with Crippen molar-refractivity contribution in [2.24, 2.45) is 0 Å². The van der Waals surface area contributed by atoms with Gasteiger partial charge in [0.2, 0.25) is 0 Å². The Morgan fingerprint density at radius 3 is 1.55 bits per heavy atom. The Bertz CT molecular complexity index is 1290. The van der Waals surface area contributed by atoms with E-state index < -0.39 is 0 Å². The van der Waals surface area contributed by atoms with E-state index in [4.69, 9.17) is 0 Å². The number of H-pyrrole nitrogens is 2. The molecule has 2 unspecified atom stereocenters. The van der Waals surface area contributed by atoms with Gasteiger partial charge < -0.3 is 19.8 Å². The van der Waals surface area contributed by atoms with Crippen molar-refractivity contribution >= 4 is 6.03 Å². The van der Waals surface area contributed by atoms with E-state index in [1.54, 1.807) is 36.7 Å². The molecule has 2 aromatic heterocycles. The number of hydrogen-bond acceptors (Lipinski definition) is 3. The number of amides is 2. The third-order valence-electron chi connectivity index (χ3n) is 7.66. The fourth-order valence-electron chi connectivity index (χ4n) is 5.59. The number of piperidine rings is 2. The van der Waals surface area contributed by atoms with Gasteiger partial charge in [-0.3, -0.25) is 0 Å². The summed E-state index contributed by atoms with van der Waals surface area (Å²) in [7, 11) is 0. The third-order valence-corrected chi connectivity index (χ3v) is 7.66. The van der Waals surface area contributed by atoms with E-state index in [9.17, 15) is 13.6 Å². The van der Waals surface area contributed by atoms with Gasteiger partial charge in [0.25, 0.3) is 0 Å². The van der Waals surface area contributed by atoms with Gasteiger partial charge in [-0.15, -0.1) is 0 Å². The molecule has 9 heteroatoms. The predicted octanol–water partition coefficient (Wildman–Crippen LogP) is 5.92. The molecule has 2 amide bonds. The first-order valence-electron chi connectivity index (χ1n) is 13.2. The minimum absolute atomic E-state index is 0.0648. The molecule has 2 aromatic carbocycles. The van der Waals surface area contributed by atoms with Gasteiger partial charge >= 0.3 is 6.03 Å². The molecule has 2 N–H and O–H groups in total. The summed E-state index contributed by atoms with van der Waals surface area (Å²) in [5.74, 6) is 1.45. The normalized spacial score (nSPS) is 20.1. The van der Waals surface area contributed by atoms with E-state index in [0.717, 1.165) is 72.9 Å². The molecule has 2 fully saturated rings. The Morgan fingerprint density at radius 1 is 0.711 bits per heavy atom. The number of nitrogens with zero attached hydrogens (tertiary/aromatic N) is 4. The van der Waals surface area contributed by atoms with Gasteiger partial charge in [-0.05, 0) is 85.3 Å². The van der Waals surface area contributed by atoms with E-state index in [2.05, 4.69) is 19.9 Å². The van der Waals surface area contributed by atoms with Gasteiger partial charge in [-0.25, -0.2) is 23.5 Å². The predicted molar refractivity (Wildman–Crippen MR) is 140 cm³/mol. The molecule has 0 spiro atoms. The van der Waals surface area contributed by atoms with Crippen molar-refractivity contribution in [1.29, 1.82) is 0 Å². The van der Waals surface area contributed by atoms with Crippen LogP contribution in [0.1, 0.15) is 49.2 Å². The number of halogens is 2. The number of aromatic amines is 2. The first kappa shape index (κ1) is 24.3. The molecule has 38 heavy (non-hydrogen) atoms. The lowest BCUT2D eigenvalue weighted by atomic mass is 9.96. The molecule has 0 bridgehead atoms. The molecule has 4 aromatic rings. The Balaban J connectivity index is 1.10. The number of carbonyl (C=O) groups is 1. The van der Waals surface area contributed by atoms with Crippen LogP contribution >= 0.6 is 0 Å². The van der Waals surface area contributed by atoms with Crippen LogP contribution in [0.3, 0.4) is 0 Å². The van der Waals surface area contributed by atoms with Crippen LogP contribution in [-0.4, -0.2) is 61.9 Å². The second kappa shape index (κ2) is 10.4. The molecule has 0 aliphatic carbocycles. The van der Waals surface area contributed by atoms with Crippen LogP contribution in [0.15, 0.2) is 60.9 Å². The van der Waals surface area contributed by atoms with Crippen molar-refractivity contribution in [2.75, 3.05) is 26.2 Å². The van der Waals surface area contributed by atoms with Crippen LogP contribution in [-0.2, 0) is 0 Å². The average molecular weight is 517 g/mol. The van der Waals surface area contributed by atoms with Crippen LogP contribution in [0, 0.1) is 11.6 Å². The zero-order valence-electron chi connectivity index (χ0n) is 21.0. The van der Waals surface area contributed by atoms with Gasteiger partial charge in [0.1, 0.15) is 23.3 Å². The summed E-state index contributed by atoms with van der Waals surface area (Å²) in [6.45, 7) is 2.70. The minimum atomic E-state index is -0.268. The monoisotopic (exact) mass is 516 g/mol. The number of urea groups is 1. The van der Waals surface area contributed by atoms with Crippen molar-refractivity contribution in [3.63, 3.8) is 0 Å². The lowest BCUT2D eigenvalue weighted by Gasteiger charge is -2.39. The topological polar surface area (TPSA) is 80.9 Å². The highest BCUT2D eigenvalue weighted by Gasteiger charge is 2.33. The number of hydrogen-bond donors (Lipinski definition) is 2. The van der Waals surface area contributed by atoms with E-state index in [1.807, 2.05) is 9.80 Å². The second-order valence-electron chi connectivity index (χ2n) is 10.2. The van der Waals surface area contributed by atoms with Gasteiger partial charge in [0.15, 0.2) is 0 Å². The van der Waals surface area contributed by atoms with Gasteiger partial charge in [0, 0.05) is 38.0 Å². The fourth-order valence-corrected chi connectivity index (χ4v) is 5.59. The summed E-state index contributed by atoms with van der Waals surface area (Å²) in [4.78, 5) is 33.4. The van der Waals surface area contributed by atoms with Crippen LogP contribution in [0.4, 0.5) is 13.6 Å². The maximum Gasteiger partial charge on any atom is 0.320 e. The molecular weight excluding hydrogens is 486 g/mol. The zero-order chi connectivity index (χ0) is 26.1.